The fraction of sp³-hybridized carbons (Fsp3) is 0.833. The first-order chi connectivity index (χ1) is 11.4. The van der Waals surface area contributed by atoms with Gasteiger partial charge in [0.05, 0.1) is 0 Å². The lowest BCUT2D eigenvalue weighted by atomic mass is 9.77. The molecule has 134 valence electrons. The average Bonchev–Trinajstić information content (AvgIpc) is 2.77. The Balaban J connectivity index is 1.59. The van der Waals surface area contributed by atoms with E-state index in [0.717, 1.165) is 37.0 Å². The standard InChI is InChI=1S/C18H29N3O3/c1-12-7-9-18(10-8-12)16(23)21(17(24)20-18)11-15(22)19-14-6-4-3-5-13(14)2/h12-14H,3-11H2,1-2H3,(H,19,22)(H,20,24)/t12?,13-,14-,18?/m1/s1. The van der Waals surface area contributed by atoms with Crippen LogP contribution in [0.1, 0.15) is 65.2 Å². The van der Waals surface area contributed by atoms with Gasteiger partial charge in [0.1, 0.15) is 12.1 Å². The van der Waals surface area contributed by atoms with Crippen LogP contribution in [0.4, 0.5) is 4.79 Å². The highest BCUT2D eigenvalue weighted by Gasteiger charge is 2.52. The second-order valence-corrected chi connectivity index (χ2v) is 8.02. The number of hydrogen-bond donors (Lipinski definition) is 2. The molecule has 2 N–H and O–H groups in total. The number of urea groups is 1. The van der Waals surface area contributed by atoms with Gasteiger partial charge in [-0.05, 0) is 50.4 Å². The lowest BCUT2D eigenvalue weighted by Gasteiger charge is -2.33. The van der Waals surface area contributed by atoms with Gasteiger partial charge in [0.2, 0.25) is 5.91 Å². The molecule has 1 saturated heterocycles. The van der Waals surface area contributed by atoms with Crippen LogP contribution in [0.3, 0.4) is 0 Å². The molecule has 6 heteroatoms. The van der Waals surface area contributed by atoms with Crippen molar-refractivity contribution in [2.45, 2.75) is 76.8 Å². The molecule has 0 unspecified atom stereocenters. The molecule has 0 radical (unpaired) electrons. The van der Waals surface area contributed by atoms with Gasteiger partial charge in [-0.15, -0.1) is 0 Å². The number of hydrogen-bond acceptors (Lipinski definition) is 3. The molecule has 0 bridgehead atoms. The van der Waals surface area contributed by atoms with Crippen LogP contribution in [0.25, 0.3) is 0 Å². The van der Waals surface area contributed by atoms with Gasteiger partial charge in [0.15, 0.2) is 0 Å². The predicted octanol–water partition coefficient (Wildman–Crippen LogP) is 2.18. The number of nitrogens with zero attached hydrogens (tertiary/aromatic N) is 1. The molecule has 4 amide bonds. The van der Waals surface area contributed by atoms with E-state index in [1.165, 1.54) is 6.42 Å². The van der Waals surface area contributed by atoms with Crippen molar-refractivity contribution >= 4 is 17.8 Å². The quantitative estimate of drug-likeness (QED) is 0.776. The minimum Gasteiger partial charge on any atom is -0.352 e. The largest absolute Gasteiger partial charge is 0.352 e. The number of carbonyl (C=O) groups is 3. The van der Waals surface area contributed by atoms with Gasteiger partial charge < -0.3 is 10.6 Å². The van der Waals surface area contributed by atoms with Crippen molar-refractivity contribution < 1.29 is 14.4 Å². The molecule has 1 heterocycles. The zero-order valence-corrected chi connectivity index (χ0v) is 14.8. The number of amides is 4. The van der Waals surface area contributed by atoms with Crippen molar-refractivity contribution in [3.8, 4) is 0 Å². The van der Waals surface area contributed by atoms with Crippen molar-refractivity contribution in [2.24, 2.45) is 11.8 Å². The molecule has 2 aliphatic carbocycles. The number of nitrogens with one attached hydrogen (secondary N) is 2. The van der Waals surface area contributed by atoms with Crippen LogP contribution in [-0.4, -0.2) is 40.9 Å². The molecule has 3 rings (SSSR count). The molecule has 2 atom stereocenters. The lowest BCUT2D eigenvalue weighted by Crippen LogP contribution is -2.50. The Morgan fingerprint density at radius 1 is 1.17 bits per heavy atom. The first-order valence-corrected chi connectivity index (χ1v) is 9.35. The summed E-state index contributed by atoms with van der Waals surface area (Å²) in [6.45, 7) is 4.16. The molecule has 0 aromatic carbocycles. The molecule has 3 fully saturated rings. The van der Waals surface area contributed by atoms with Gasteiger partial charge in [-0.1, -0.05) is 26.7 Å². The highest BCUT2D eigenvalue weighted by molar-refractivity contribution is 6.09. The van der Waals surface area contributed by atoms with Gasteiger partial charge in [0, 0.05) is 6.04 Å². The monoisotopic (exact) mass is 335 g/mol. The lowest BCUT2D eigenvalue weighted by molar-refractivity contribution is -0.136. The minimum atomic E-state index is -0.762. The number of carbonyl (C=O) groups excluding carboxylic acids is 3. The summed E-state index contributed by atoms with van der Waals surface area (Å²) >= 11 is 0. The van der Waals surface area contributed by atoms with Crippen molar-refractivity contribution in [3.05, 3.63) is 0 Å². The maximum absolute atomic E-state index is 12.8. The van der Waals surface area contributed by atoms with Gasteiger partial charge in [-0.3, -0.25) is 14.5 Å². The van der Waals surface area contributed by atoms with E-state index in [-0.39, 0.29) is 24.4 Å². The Kier molecular flexibility index (Phi) is 4.83. The molecule has 2 saturated carbocycles. The maximum atomic E-state index is 12.8. The third-order valence-corrected chi connectivity index (χ3v) is 6.13. The molecule has 24 heavy (non-hydrogen) atoms. The van der Waals surface area contributed by atoms with Gasteiger partial charge in [-0.2, -0.15) is 0 Å². The molecular formula is C18H29N3O3. The van der Waals surface area contributed by atoms with Crippen molar-refractivity contribution in [1.82, 2.24) is 15.5 Å². The molecule has 6 nitrogen and oxygen atoms in total. The molecule has 3 aliphatic rings. The normalized spacial score (nSPS) is 36.8. The van der Waals surface area contributed by atoms with E-state index < -0.39 is 11.6 Å². The smallest absolute Gasteiger partial charge is 0.325 e. The van der Waals surface area contributed by atoms with Crippen molar-refractivity contribution in [1.29, 1.82) is 0 Å². The summed E-state index contributed by atoms with van der Waals surface area (Å²) in [5.74, 6) is 0.604. The van der Waals surface area contributed by atoms with E-state index >= 15 is 0 Å². The SMILES string of the molecule is CC1CCC2(CC1)NC(=O)N(CC(=O)N[C@@H]1CCCC[C@H]1C)C2=O. The second-order valence-electron chi connectivity index (χ2n) is 8.02. The number of imide groups is 1. The highest BCUT2D eigenvalue weighted by Crippen LogP contribution is 2.36. The summed E-state index contributed by atoms with van der Waals surface area (Å²) in [7, 11) is 0. The molecule has 0 aromatic rings. The summed E-state index contributed by atoms with van der Waals surface area (Å²) < 4.78 is 0. The van der Waals surface area contributed by atoms with Gasteiger partial charge >= 0.3 is 6.03 Å². The van der Waals surface area contributed by atoms with E-state index in [2.05, 4.69) is 24.5 Å². The van der Waals surface area contributed by atoms with Crippen LogP contribution in [-0.2, 0) is 9.59 Å². The Bertz CT molecular complexity index is 526. The van der Waals surface area contributed by atoms with E-state index in [9.17, 15) is 14.4 Å². The minimum absolute atomic E-state index is 0.162. The zero-order valence-electron chi connectivity index (χ0n) is 14.8. The first kappa shape index (κ1) is 17.2. The van der Waals surface area contributed by atoms with E-state index in [4.69, 9.17) is 0 Å². The summed E-state index contributed by atoms with van der Waals surface area (Å²) in [6, 6.07) is -0.252. The number of rotatable bonds is 3. The molecule has 1 aliphatic heterocycles. The fourth-order valence-electron chi connectivity index (χ4n) is 4.34. The Morgan fingerprint density at radius 2 is 1.83 bits per heavy atom. The summed E-state index contributed by atoms with van der Waals surface area (Å²) in [5.41, 5.74) is -0.762. The second kappa shape index (κ2) is 6.73. The van der Waals surface area contributed by atoms with E-state index in [1.54, 1.807) is 0 Å². The van der Waals surface area contributed by atoms with Crippen LogP contribution in [0.5, 0.6) is 0 Å². The van der Waals surface area contributed by atoms with Crippen LogP contribution in [0.15, 0.2) is 0 Å². The fourth-order valence-corrected chi connectivity index (χ4v) is 4.34. The summed E-state index contributed by atoms with van der Waals surface area (Å²) in [6.07, 6.45) is 7.66. The Labute approximate surface area is 143 Å². The molecular weight excluding hydrogens is 306 g/mol. The van der Waals surface area contributed by atoms with Crippen LogP contribution in [0.2, 0.25) is 0 Å². The van der Waals surface area contributed by atoms with E-state index in [0.29, 0.717) is 24.7 Å². The molecule has 0 aromatic heterocycles. The van der Waals surface area contributed by atoms with Crippen molar-refractivity contribution in [3.63, 3.8) is 0 Å². The Hall–Kier alpha value is -1.59. The first-order valence-electron chi connectivity index (χ1n) is 9.35. The maximum Gasteiger partial charge on any atom is 0.325 e. The predicted molar refractivity (Wildman–Crippen MR) is 90.2 cm³/mol. The van der Waals surface area contributed by atoms with Gasteiger partial charge in [-0.25, -0.2) is 4.79 Å². The van der Waals surface area contributed by atoms with Crippen LogP contribution >= 0.6 is 0 Å². The van der Waals surface area contributed by atoms with E-state index in [1.807, 2.05) is 0 Å². The molecule has 1 spiro atoms. The summed E-state index contributed by atoms with van der Waals surface area (Å²) in [4.78, 5) is 38.5. The average molecular weight is 335 g/mol. The summed E-state index contributed by atoms with van der Waals surface area (Å²) in [5, 5.41) is 5.89. The highest BCUT2D eigenvalue weighted by atomic mass is 16.2. The third kappa shape index (κ3) is 3.28. The Morgan fingerprint density at radius 3 is 2.50 bits per heavy atom. The third-order valence-electron chi connectivity index (χ3n) is 6.13. The van der Waals surface area contributed by atoms with Crippen LogP contribution in [0, 0.1) is 11.8 Å². The van der Waals surface area contributed by atoms with Crippen LogP contribution < -0.4 is 10.6 Å². The van der Waals surface area contributed by atoms with Gasteiger partial charge in [0.25, 0.3) is 5.91 Å². The zero-order chi connectivity index (χ0) is 17.3. The van der Waals surface area contributed by atoms with Crippen molar-refractivity contribution in [2.75, 3.05) is 6.54 Å². The topological polar surface area (TPSA) is 78.5 Å².